The molecule has 1 aliphatic rings. The van der Waals surface area contributed by atoms with Crippen molar-refractivity contribution in [2.45, 2.75) is 39.7 Å². The van der Waals surface area contributed by atoms with Gasteiger partial charge < -0.3 is 14.5 Å². The molecule has 0 saturated carbocycles. The second-order valence-corrected chi connectivity index (χ2v) is 6.88. The lowest BCUT2D eigenvalue weighted by Crippen LogP contribution is -2.23. The fraction of sp³-hybridized carbons (Fsp3) is 0.350. The molecular weight excluding hydrogens is 326 g/mol. The van der Waals surface area contributed by atoms with Crippen molar-refractivity contribution in [3.8, 4) is 5.69 Å². The van der Waals surface area contributed by atoms with Crippen LogP contribution in [0.1, 0.15) is 30.1 Å². The predicted octanol–water partition coefficient (Wildman–Crippen LogP) is 3.28. The van der Waals surface area contributed by atoms with Gasteiger partial charge in [0.05, 0.1) is 12.0 Å². The molecule has 2 aromatic heterocycles. The fourth-order valence-corrected chi connectivity index (χ4v) is 3.49. The molecule has 3 aromatic rings. The number of imidazole rings is 2. The minimum Gasteiger partial charge on any atom is -0.335 e. The molecule has 0 aliphatic carbocycles. The summed E-state index contributed by atoms with van der Waals surface area (Å²) >= 11 is 0. The summed E-state index contributed by atoms with van der Waals surface area (Å²) in [6.45, 7) is 4.90. The molecule has 1 amide bonds. The van der Waals surface area contributed by atoms with Crippen molar-refractivity contribution in [3.05, 3.63) is 60.2 Å². The Kier molecular flexibility index (Phi) is 4.32. The number of carbonyl (C=O) groups is 1. The number of hydrogen-bond acceptors (Lipinski definition) is 3. The zero-order valence-corrected chi connectivity index (χ0v) is 15.1. The van der Waals surface area contributed by atoms with Crippen LogP contribution in [0.2, 0.25) is 0 Å². The van der Waals surface area contributed by atoms with Crippen molar-refractivity contribution in [2.24, 2.45) is 5.92 Å². The molecule has 134 valence electrons. The van der Waals surface area contributed by atoms with Crippen LogP contribution in [0.15, 0.2) is 43.0 Å². The number of benzene rings is 1. The van der Waals surface area contributed by atoms with E-state index in [2.05, 4.69) is 26.8 Å². The van der Waals surface area contributed by atoms with Crippen LogP contribution in [0.25, 0.3) is 5.69 Å². The summed E-state index contributed by atoms with van der Waals surface area (Å²) in [6.07, 6.45) is 8.20. The predicted molar refractivity (Wildman–Crippen MR) is 100 cm³/mol. The Morgan fingerprint density at radius 2 is 1.96 bits per heavy atom. The van der Waals surface area contributed by atoms with E-state index >= 15 is 0 Å². The summed E-state index contributed by atoms with van der Waals surface area (Å²) in [5.74, 6) is 1.20. The number of anilines is 1. The molecule has 0 bridgehead atoms. The largest absolute Gasteiger partial charge is 0.335 e. The van der Waals surface area contributed by atoms with Crippen LogP contribution in [0, 0.1) is 19.8 Å². The van der Waals surface area contributed by atoms with Crippen LogP contribution in [-0.4, -0.2) is 25.0 Å². The second-order valence-electron chi connectivity index (χ2n) is 6.88. The van der Waals surface area contributed by atoms with Crippen LogP contribution in [0.4, 0.5) is 5.69 Å². The lowest BCUT2D eigenvalue weighted by Gasteiger charge is -2.14. The van der Waals surface area contributed by atoms with Crippen molar-refractivity contribution in [1.29, 1.82) is 0 Å². The van der Waals surface area contributed by atoms with Crippen LogP contribution in [0.3, 0.4) is 0 Å². The maximum Gasteiger partial charge on any atom is 0.227 e. The smallest absolute Gasteiger partial charge is 0.227 e. The molecule has 1 N–H and O–H groups in total. The zero-order chi connectivity index (χ0) is 18.1. The molecule has 0 spiro atoms. The van der Waals surface area contributed by atoms with E-state index in [1.54, 1.807) is 0 Å². The highest BCUT2D eigenvalue weighted by Crippen LogP contribution is 2.22. The van der Waals surface area contributed by atoms with Crippen molar-refractivity contribution in [3.63, 3.8) is 0 Å². The molecule has 3 heterocycles. The summed E-state index contributed by atoms with van der Waals surface area (Å²) < 4.78 is 4.20. The number of aromatic nitrogens is 4. The normalized spacial score (nSPS) is 16.8. The molecular formula is C20H23N5O. The third kappa shape index (κ3) is 3.14. The molecule has 6 heteroatoms. The van der Waals surface area contributed by atoms with Gasteiger partial charge in [-0.25, -0.2) is 9.97 Å². The molecule has 4 rings (SSSR count). The van der Waals surface area contributed by atoms with Crippen molar-refractivity contribution in [1.82, 2.24) is 19.1 Å². The molecule has 6 nitrogen and oxygen atoms in total. The van der Waals surface area contributed by atoms with E-state index in [0.717, 1.165) is 54.4 Å². The number of rotatable bonds is 3. The summed E-state index contributed by atoms with van der Waals surface area (Å²) in [6, 6.07) is 7.91. The number of fused-ring (bicyclic) bond motifs is 1. The standard InChI is InChI=1S/C20H23N5O/c1-14-15(2)25(13-22-14)18-6-4-17(5-7-18)23-20(26)16-3-8-19-21-10-12-24(19)11-9-16/h4-7,10,12-13,16H,3,8-9,11H2,1-2H3,(H,23,26). The topological polar surface area (TPSA) is 64.7 Å². The van der Waals surface area contributed by atoms with Gasteiger partial charge in [0.1, 0.15) is 5.82 Å². The number of nitrogens with zero attached hydrogens (tertiary/aromatic N) is 4. The Morgan fingerprint density at radius 1 is 1.15 bits per heavy atom. The average Bonchev–Trinajstić information content (AvgIpc) is 3.17. The molecule has 1 unspecified atom stereocenters. The number of amides is 1. The quantitative estimate of drug-likeness (QED) is 0.789. The van der Waals surface area contributed by atoms with E-state index in [4.69, 9.17) is 0 Å². The molecule has 0 radical (unpaired) electrons. The van der Waals surface area contributed by atoms with Gasteiger partial charge in [-0.3, -0.25) is 4.79 Å². The number of hydrogen-bond donors (Lipinski definition) is 1. The zero-order valence-electron chi connectivity index (χ0n) is 15.1. The minimum absolute atomic E-state index is 0.0231. The van der Waals surface area contributed by atoms with E-state index in [1.807, 2.05) is 54.5 Å². The number of nitrogens with one attached hydrogen (secondary N) is 1. The van der Waals surface area contributed by atoms with Gasteiger partial charge in [-0.15, -0.1) is 0 Å². The van der Waals surface area contributed by atoms with Crippen LogP contribution < -0.4 is 5.32 Å². The van der Waals surface area contributed by atoms with Crippen molar-refractivity contribution >= 4 is 11.6 Å². The number of aryl methyl sites for hydroxylation is 3. The number of carbonyl (C=O) groups excluding carboxylic acids is 1. The SMILES string of the molecule is Cc1ncn(-c2ccc(NC(=O)C3CCc4nccn4CC3)cc2)c1C. The molecule has 26 heavy (non-hydrogen) atoms. The Labute approximate surface area is 152 Å². The van der Waals surface area contributed by atoms with E-state index in [1.165, 1.54) is 0 Å². The summed E-state index contributed by atoms with van der Waals surface area (Å²) in [4.78, 5) is 21.3. The van der Waals surface area contributed by atoms with Gasteiger partial charge in [-0.1, -0.05) is 0 Å². The first-order valence-corrected chi connectivity index (χ1v) is 9.03. The Morgan fingerprint density at radius 3 is 2.69 bits per heavy atom. The van der Waals surface area contributed by atoms with E-state index in [-0.39, 0.29) is 11.8 Å². The molecule has 0 fully saturated rings. The summed E-state index contributed by atoms with van der Waals surface area (Å²) in [5.41, 5.74) is 4.02. The van der Waals surface area contributed by atoms with E-state index < -0.39 is 0 Å². The Bertz CT molecular complexity index is 900. The van der Waals surface area contributed by atoms with Crippen molar-refractivity contribution in [2.75, 3.05) is 5.32 Å². The highest BCUT2D eigenvalue weighted by Gasteiger charge is 2.22. The first-order chi connectivity index (χ1) is 12.6. The van der Waals surface area contributed by atoms with Crippen LogP contribution in [-0.2, 0) is 17.8 Å². The Balaban J connectivity index is 1.42. The molecule has 1 atom stereocenters. The minimum atomic E-state index is 0.0231. The van der Waals surface area contributed by atoms with Gasteiger partial charge >= 0.3 is 0 Å². The average molecular weight is 349 g/mol. The molecule has 1 aromatic carbocycles. The summed E-state index contributed by atoms with van der Waals surface area (Å²) in [7, 11) is 0. The Hall–Kier alpha value is -2.89. The van der Waals surface area contributed by atoms with Gasteiger partial charge in [0.2, 0.25) is 5.91 Å². The van der Waals surface area contributed by atoms with E-state index in [9.17, 15) is 4.79 Å². The summed E-state index contributed by atoms with van der Waals surface area (Å²) in [5, 5.41) is 3.06. The maximum atomic E-state index is 12.6. The van der Waals surface area contributed by atoms with Crippen molar-refractivity contribution < 1.29 is 4.79 Å². The van der Waals surface area contributed by atoms with E-state index in [0.29, 0.717) is 0 Å². The third-order valence-electron chi connectivity index (χ3n) is 5.27. The van der Waals surface area contributed by atoms with Crippen LogP contribution in [0.5, 0.6) is 0 Å². The van der Waals surface area contributed by atoms with Crippen LogP contribution >= 0.6 is 0 Å². The lowest BCUT2D eigenvalue weighted by molar-refractivity contribution is -0.120. The highest BCUT2D eigenvalue weighted by molar-refractivity contribution is 5.92. The fourth-order valence-electron chi connectivity index (χ4n) is 3.49. The first kappa shape index (κ1) is 16.6. The van der Waals surface area contributed by atoms with Gasteiger partial charge in [0.25, 0.3) is 0 Å². The maximum absolute atomic E-state index is 12.6. The first-order valence-electron chi connectivity index (χ1n) is 9.03. The molecule has 0 saturated heterocycles. The van der Waals surface area contributed by atoms with Gasteiger partial charge in [0, 0.05) is 48.3 Å². The highest BCUT2D eigenvalue weighted by atomic mass is 16.1. The molecule has 1 aliphatic heterocycles. The van der Waals surface area contributed by atoms with Gasteiger partial charge in [-0.2, -0.15) is 0 Å². The second kappa shape index (κ2) is 6.78. The van der Waals surface area contributed by atoms with Gasteiger partial charge in [0.15, 0.2) is 0 Å². The monoisotopic (exact) mass is 349 g/mol. The van der Waals surface area contributed by atoms with Gasteiger partial charge in [-0.05, 0) is 51.0 Å². The third-order valence-corrected chi connectivity index (χ3v) is 5.27. The lowest BCUT2D eigenvalue weighted by atomic mass is 9.99.